The average Bonchev–Trinajstić information content (AvgIpc) is 2.96. The SMILES string of the molecule is CC12CCC(=O)C=C1CCC1C2C(O)CC2(C)C1CCC2(O)C(=O)COC(=O)C[N+](C)(C)C.[Cl-]. The second-order valence-electron chi connectivity index (χ2n) is 12.5. The van der Waals surface area contributed by atoms with E-state index in [1.807, 2.05) is 28.1 Å². The smallest absolute Gasteiger partial charge is 0.362 e. The van der Waals surface area contributed by atoms with Crippen molar-refractivity contribution in [3.63, 3.8) is 0 Å². The highest BCUT2D eigenvalue weighted by Gasteiger charge is 2.68. The summed E-state index contributed by atoms with van der Waals surface area (Å²) in [6.45, 7) is 3.83. The summed E-state index contributed by atoms with van der Waals surface area (Å²) >= 11 is 0. The summed E-state index contributed by atoms with van der Waals surface area (Å²) < 4.78 is 5.64. The molecular weight excluding hydrogens is 458 g/mol. The van der Waals surface area contributed by atoms with Crippen LogP contribution in [0.25, 0.3) is 0 Å². The van der Waals surface area contributed by atoms with Crippen LogP contribution in [0, 0.1) is 28.6 Å². The highest BCUT2D eigenvalue weighted by Crippen LogP contribution is 2.67. The van der Waals surface area contributed by atoms with E-state index >= 15 is 0 Å². The molecule has 0 saturated heterocycles. The molecule has 8 heteroatoms. The number of hydrogen-bond donors (Lipinski definition) is 2. The van der Waals surface area contributed by atoms with Crippen LogP contribution in [-0.4, -0.2) is 78.2 Å². The lowest BCUT2D eigenvalue weighted by atomic mass is 9.45. The summed E-state index contributed by atoms with van der Waals surface area (Å²) in [6.07, 6.45) is 5.49. The number of halogens is 1. The maximum absolute atomic E-state index is 13.2. The molecule has 0 aromatic rings. The van der Waals surface area contributed by atoms with Crippen molar-refractivity contribution in [3.8, 4) is 0 Å². The molecule has 7 unspecified atom stereocenters. The third kappa shape index (κ3) is 4.27. The number of rotatable bonds is 5. The van der Waals surface area contributed by atoms with Crippen molar-refractivity contribution in [2.45, 2.75) is 70.5 Å². The van der Waals surface area contributed by atoms with E-state index in [0.29, 0.717) is 30.2 Å². The van der Waals surface area contributed by atoms with Gasteiger partial charge in [-0.3, -0.25) is 9.59 Å². The number of carbonyl (C=O) groups is 3. The highest BCUT2D eigenvalue weighted by molar-refractivity contribution is 5.92. The molecule has 4 aliphatic rings. The summed E-state index contributed by atoms with van der Waals surface area (Å²) in [5.74, 6) is -0.414. The number of Topliss-reactive ketones (excluding diaryl/α,β-unsaturated/α-hetero) is 1. The molecule has 0 spiro atoms. The van der Waals surface area contributed by atoms with Crippen LogP contribution in [0.2, 0.25) is 0 Å². The first-order valence-corrected chi connectivity index (χ1v) is 12.3. The van der Waals surface area contributed by atoms with Gasteiger partial charge in [-0.25, -0.2) is 4.79 Å². The Kier molecular flexibility index (Phi) is 7.22. The molecule has 4 aliphatic carbocycles. The Morgan fingerprint density at radius 1 is 1.15 bits per heavy atom. The Hall–Kier alpha value is -1.28. The van der Waals surface area contributed by atoms with Crippen molar-refractivity contribution in [3.05, 3.63) is 11.6 Å². The van der Waals surface area contributed by atoms with Gasteiger partial charge in [0.05, 0.1) is 27.2 Å². The van der Waals surface area contributed by atoms with Crippen molar-refractivity contribution in [1.82, 2.24) is 0 Å². The molecule has 7 atom stereocenters. The fourth-order valence-corrected chi connectivity index (χ4v) is 7.85. The van der Waals surface area contributed by atoms with Crippen molar-refractivity contribution in [2.24, 2.45) is 28.6 Å². The first-order valence-electron chi connectivity index (χ1n) is 12.3. The van der Waals surface area contributed by atoms with Crippen LogP contribution in [-0.2, 0) is 19.1 Å². The van der Waals surface area contributed by atoms with Gasteiger partial charge in [-0.2, -0.15) is 0 Å². The molecular formula is C26H40ClNO6. The first-order chi connectivity index (χ1) is 15.2. The number of fused-ring (bicyclic) bond motifs is 5. The second-order valence-corrected chi connectivity index (χ2v) is 12.5. The van der Waals surface area contributed by atoms with E-state index in [2.05, 4.69) is 6.92 Å². The molecule has 0 heterocycles. The number of quaternary nitrogens is 1. The Morgan fingerprint density at radius 2 is 1.82 bits per heavy atom. The largest absolute Gasteiger partial charge is 1.00 e. The van der Waals surface area contributed by atoms with Crippen LogP contribution in [0.1, 0.15) is 58.8 Å². The van der Waals surface area contributed by atoms with Crippen molar-refractivity contribution < 1.29 is 46.2 Å². The molecule has 7 nitrogen and oxygen atoms in total. The fourth-order valence-electron chi connectivity index (χ4n) is 7.85. The molecule has 0 radical (unpaired) electrons. The summed E-state index contributed by atoms with van der Waals surface area (Å²) in [4.78, 5) is 37.4. The minimum atomic E-state index is -1.61. The maximum Gasteiger partial charge on any atom is 0.362 e. The molecule has 0 bridgehead atoms. The van der Waals surface area contributed by atoms with Gasteiger partial charge in [-0.15, -0.1) is 0 Å². The summed E-state index contributed by atoms with van der Waals surface area (Å²) in [6, 6.07) is 0. The zero-order valence-corrected chi connectivity index (χ0v) is 21.9. The predicted molar refractivity (Wildman–Crippen MR) is 122 cm³/mol. The number of ketones is 2. The number of ether oxygens (including phenoxy) is 1. The van der Waals surface area contributed by atoms with E-state index < -0.39 is 35.5 Å². The number of carbonyl (C=O) groups excluding carboxylic acids is 3. The van der Waals surface area contributed by atoms with Gasteiger partial charge >= 0.3 is 5.97 Å². The van der Waals surface area contributed by atoms with E-state index in [-0.39, 0.29) is 47.9 Å². The predicted octanol–water partition coefficient (Wildman–Crippen LogP) is -0.957. The first kappa shape index (κ1) is 27.3. The maximum atomic E-state index is 13.2. The van der Waals surface area contributed by atoms with Crippen molar-refractivity contribution in [1.29, 1.82) is 0 Å². The number of esters is 1. The fraction of sp³-hybridized carbons (Fsp3) is 0.808. The molecule has 0 amide bonds. The van der Waals surface area contributed by atoms with Gasteiger partial charge in [-0.05, 0) is 67.8 Å². The van der Waals surface area contributed by atoms with Gasteiger partial charge in [-0.1, -0.05) is 19.4 Å². The molecule has 4 rings (SSSR count). The molecule has 3 fully saturated rings. The lowest BCUT2D eigenvalue weighted by Crippen LogP contribution is -3.00. The second kappa shape index (κ2) is 8.99. The monoisotopic (exact) mass is 497 g/mol. The molecule has 2 N–H and O–H groups in total. The number of allylic oxidation sites excluding steroid dienone is 1. The normalized spacial score (nSPS) is 41.4. The topological polar surface area (TPSA) is 101 Å². The number of hydrogen-bond acceptors (Lipinski definition) is 6. The quantitative estimate of drug-likeness (QED) is 0.375. The lowest BCUT2D eigenvalue weighted by Gasteiger charge is -2.60. The number of aliphatic hydroxyl groups excluding tert-OH is 1. The van der Waals surface area contributed by atoms with E-state index in [4.69, 9.17) is 4.74 Å². The minimum Gasteiger partial charge on any atom is -1.00 e. The van der Waals surface area contributed by atoms with Crippen LogP contribution >= 0.6 is 0 Å². The number of likely N-dealkylation sites (N-methyl/N-ethyl adjacent to an activating group) is 1. The molecule has 0 aliphatic heterocycles. The summed E-state index contributed by atoms with van der Waals surface area (Å²) in [5.41, 5.74) is -1.42. The molecule has 0 aromatic carbocycles. The van der Waals surface area contributed by atoms with Gasteiger partial charge in [0.2, 0.25) is 5.78 Å². The Balaban J connectivity index is 0.00000324. The van der Waals surface area contributed by atoms with Gasteiger partial charge in [0.1, 0.15) is 5.60 Å². The standard InChI is InChI=1S/C26H40NO6.ClH/c1-24-10-8-17(28)12-16(24)6-7-18-19-9-11-26(32,25(19,2)13-20(29)23(18)24)21(30)15-33-22(31)14-27(3,4)5;/h12,18-20,23,29,32H,6-11,13-15H2,1-5H3;1H/q+1;/p-1. The van der Waals surface area contributed by atoms with Gasteiger partial charge < -0.3 is 31.8 Å². The lowest BCUT2D eigenvalue weighted by molar-refractivity contribution is -0.862. The van der Waals surface area contributed by atoms with Crippen molar-refractivity contribution >= 4 is 17.5 Å². The summed E-state index contributed by atoms with van der Waals surface area (Å²) in [5, 5.41) is 23.1. The third-order valence-electron chi connectivity index (χ3n) is 9.48. The van der Waals surface area contributed by atoms with Crippen LogP contribution in [0.15, 0.2) is 11.6 Å². The van der Waals surface area contributed by atoms with Crippen LogP contribution in [0.3, 0.4) is 0 Å². The van der Waals surface area contributed by atoms with Gasteiger partial charge in [0.25, 0.3) is 0 Å². The Morgan fingerprint density at radius 3 is 2.47 bits per heavy atom. The molecule has 192 valence electrons. The van der Waals surface area contributed by atoms with Gasteiger partial charge in [0.15, 0.2) is 18.9 Å². The van der Waals surface area contributed by atoms with Crippen LogP contribution < -0.4 is 12.4 Å². The van der Waals surface area contributed by atoms with E-state index in [0.717, 1.165) is 24.8 Å². The van der Waals surface area contributed by atoms with Crippen LogP contribution in [0.4, 0.5) is 0 Å². The third-order valence-corrected chi connectivity index (χ3v) is 9.48. The zero-order chi connectivity index (χ0) is 24.4. The summed E-state index contributed by atoms with van der Waals surface area (Å²) in [7, 11) is 5.60. The zero-order valence-electron chi connectivity index (χ0n) is 21.1. The van der Waals surface area contributed by atoms with E-state index in [1.54, 1.807) is 6.08 Å². The molecule has 3 saturated carbocycles. The van der Waals surface area contributed by atoms with Crippen molar-refractivity contribution in [2.75, 3.05) is 34.3 Å². The van der Waals surface area contributed by atoms with E-state index in [1.165, 1.54) is 0 Å². The van der Waals surface area contributed by atoms with Crippen LogP contribution in [0.5, 0.6) is 0 Å². The highest BCUT2D eigenvalue weighted by atomic mass is 35.5. The average molecular weight is 498 g/mol. The van der Waals surface area contributed by atoms with Gasteiger partial charge in [0, 0.05) is 11.8 Å². The molecule has 34 heavy (non-hydrogen) atoms. The number of nitrogens with zero attached hydrogens (tertiary/aromatic N) is 1. The van der Waals surface area contributed by atoms with E-state index in [9.17, 15) is 24.6 Å². The number of aliphatic hydroxyl groups is 2. The Labute approximate surface area is 208 Å². The Bertz CT molecular complexity index is 896. The molecule has 0 aromatic heterocycles. The minimum absolute atomic E-state index is 0.